The van der Waals surface area contributed by atoms with Gasteiger partial charge in [0.2, 0.25) is 0 Å². The molecule has 1 aromatic rings. The molecule has 0 aromatic carbocycles. The number of hydrogen-bond acceptors (Lipinski definition) is 3. The van der Waals surface area contributed by atoms with E-state index in [0.717, 1.165) is 23.5 Å². The molecule has 4 nitrogen and oxygen atoms in total. The molecule has 4 heteroatoms. The number of aliphatic imine (C=N–C) groups is 1. The van der Waals surface area contributed by atoms with Gasteiger partial charge in [0.1, 0.15) is 0 Å². The predicted octanol–water partition coefficient (Wildman–Crippen LogP) is 2.85. The monoisotopic (exact) mass is 250 g/mol. The van der Waals surface area contributed by atoms with Gasteiger partial charge in [-0.2, -0.15) is 0 Å². The van der Waals surface area contributed by atoms with Crippen LogP contribution in [0.1, 0.15) is 27.3 Å². The van der Waals surface area contributed by atoms with Crippen LogP contribution in [0, 0.1) is 5.41 Å². The van der Waals surface area contributed by atoms with Crippen molar-refractivity contribution in [3.05, 3.63) is 29.7 Å². The maximum absolute atomic E-state index is 7.78. The molecule has 1 N–H and O–H groups in total. The van der Waals surface area contributed by atoms with Crippen LogP contribution >= 0.6 is 0 Å². The quantitative estimate of drug-likeness (QED) is 0.835. The van der Waals surface area contributed by atoms with E-state index in [2.05, 4.69) is 23.8 Å². The second-order valence-electron chi connectivity index (χ2n) is 5.03. The minimum atomic E-state index is -0.399. The number of nitrogens with zero attached hydrogens (tertiary/aromatic N) is 1. The second-order valence-corrected chi connectivity index (χ2v) is 5.03. The Morgan fingerprint density at radius 3 is 2.78 bits per heavy atom. The molecule has 1 aromatic heterocycles. The van der Waals surface area contributed by atoms with E-state index in [1.807, 2.05) is 6.08 Å². The first-order valence-electron chi connectivity index (χ1n) is 6.47. The number of ether oxygens (including phenoxy) is 2. The van der Waals surface area contributed by atoms with Crippen LogP contribution in [0.5, 0.6) is 0 Å². The van der Waals surface area contributed by atoms with E-state index in [9.17, 15) is 0 Å². The number of nitrogens with one attached hydrogen (secondary N) is 1. The fraction of sp³-hybridized carbons (Fsp3) is 0.500. The molecule has 1 aliphatic heterocycles. The highest BCUT2D eigenvalue weighted by atomic mass is 16.7. The second kappa shape index (κ2) is 5.08. The summed E-state index contributed by atoms with van der Waals surface area (Å²) in [5.74, 6) is 0. The van der Waals surface area contributed by atoms with Crippen molar-refractivity contribution in [1.82, 2.24) is 4.98 Å². The Morgan fingerprint density at radius 1 is 1.50 bits per heavy atom. The highest BCUT2D eigenvalue weighted by molar-refractivity contribution is 5.92. The van der Waals surface area contributed by atoms with Crippen LogP contribution < -0.4 is 0 Å². The van der Waals surface area contributed by atoms with Crippen LogP contribution in [0.4, 0.5) is 0 Å². The number of rotatable bonds is 4. The van der Waals surface area contributed by atoms with Crippen LogP contribution in [0.25, 0.3) is 6.08 Å². The lowest BCUT2D eigenvalue weighted by atomic mass is 9.86. The van der Waals surface area contributed by atoms with Gasteiger partial charge in [0.05, 0.1) is 7.08 Å². The summed E-state index contributed by atoms with van der Waals surface area (Å²) in [5.41, 5.74) is 2.53. The molecule has 2 heterocycles. The number of H-pyrrole nitrogens is 1. The molecule has 0 fully saturated rings. The van der Waals surface area contributed by atoms with Gasteiger partial charge in [-0.15, -0.1) is 0 Å². The highest BCUT2D eigenvalue weighted by Gasteiger charge is 2.35. The predicted molar refractivity (Wildman–Crippen MR) is 72.4 cm³/mol. The molecule has 0 bridgehead atoms. The lowest BCUT2D eigenvalue weighted by molar-refractivity contribution is -0.0532. The zero-order chi connectivity index (χ0) is 14.0. The standard InChI is InChI=1S/C14H20N2O2/c1-14(2)9-11(13(17-3)18-4)16-12(14)8-10-6-5-7-15-10/h5-8,13,15H,9H2,1-4H3/b12-8-/i6T. The third-order valence-corrected chi connectivity index (χ3v) is 3.12. The summed E-state index contributed by atoms with van der Waals surface area (Å²) in [7, 11) is 3.22. The van der Waals surface area contributed by atoms with E-state index >= 15 is 0 Å². The van der Waals surface area contributed by atoms with E-state index in [1.165, 1.54) is 0 Å². The summed E-state index contributed by atoms with van der Waals surface area (Å²) < 4.78 is 18.3. The SMILES string of the molecule is [3H]c1cc[nH]c1/C=C1\N=C(C(OC)OC)CC1(C)C. The Morgan fingerprint density at radius 2 is 2.22 bits per heavy atom. The first-order chi connectivity index (χ1) is 8.97. The normalized spacial score (nSPS) is 21.5. The molecule has 0 aliphatic carbocycles. The van der Waals surface area contributed by atoms with Crippen molar-refractivity contribution in [2.75, 3.05) is 14.2 Å². The van der Waals surface area contributed by atoms with Crippen molar-refractivity contribution < 1.29 is 10.8 Å². The molecule has 18 heavy (non-hydrogen) atoms. The molecule has 0 spiro atoms. The summed E-state index contributed by atoms with van der Waals surface area (Å²) in [6, 6.07) is 2.20. The van der Waals surface area contributed by atoms with Crippen LogP contribution in [-0.2, 0) is 9.47 Å². The van der Waals surface area contributed by atoms with Crippen LogP contribution in [0.15, 0.2) is 29.0 Å². The van der Waals surface area contributed by atoms with E-state index in [0.29, 0.717) is 6.04 Å². The fourth-order valence-electron chi connectivity index (χ4n) is 2.15. The summed E-state index contributed by atoms with van der Waals surface area (Å²) in [5, 5.41) is 0. The molecule has 0 amide bonds. The lowest BCUT2D eigenvalue weighted by Gasteiger charge is -2.19. The van der Waals surface area contributed by atoms with Gasteiger partial charge < -0.3 is 14.5 Å². The van der Waals surface area contributed by atoms with Gasteiger partial charge in [-0.05, 0) is 18.2 Å². The lowest BCUT2D eigenvalue weighted by Crippen LogP contribution is -2.25. The topological polar surface area (TPSA) is 46.6 Å². The minimum absolute atomic E-state index is 0.0812. The average molecular weight is 250 g/mol. The molecule has 0 radical (unpaired) electrons. The van der Waals surface area contributed by atoms with Crippen molar-refractivity contribution >= 4 is 11.8 Å². The highest BCUT2D eigenvalue weighted by Crippen LogP contribution is 2.39. The number of methoxy groups -OCH3 is 2. The van der Waals surface area contributed by atoms with Gasteiger partial charge in [-0.1, -0.05) is 13.8 Å². The summed E-state index contributed by atoms with van der Waals surface area (Å²) >= 11 is 0. The van der Waals surface area contributed by atoms with Crippen LogP contribution in [-0.4, -0.2) is 31.2 Å². The first kappa shape index (κ1) is 11.7. The van der Waals surface area contributed by atoms with Crippen LogP contribution in [0.3, 0.4) is 0 Å². The maximum atomic E-state index is 7.78. The van der Waals surface area contributed by atoms with Crippen molar-refractivity contribution in [3.8, 4) is 0 Å². The Labute approximate surface area is 109 Å². The van der Waals surface area contributed by atoms with Gasteiger partial charge >= 0.3 is 0 Å². The van der Waals surface area contributed by atoms with E-state index in [1.54, 1.807) is 26.5 Å². The van der Waals surface area contributed by atoms with E-state index in [-0.39, 0.29) is 5.41 Å². The maximum Gasteiger partial charge on any atom is 0.196 e. The third-order valence-electron chi connectivity index (χ3n) is 3.12. The van der Waals surface area contributed by atoms with Crippen molar-refractivity contribution in [2.45, 2.75) is 26.6 Å². The van der Waals surface area contributed by atoms with Gasteiger partial charge in [0.15, 0.2) is 6.29 Å². The Balaban J connectivity index is 2.33. The number of hydrogen-bond donors (Lipinski definition) is 1. The molecular weight excluding hydrogens is 228 g/mol. The fourth-order valence-corrected chi connectivity index (χ4v) is 2.15. The number of allylic oxidation sites excluding steroid dienone is 1. The van der Waals surface area contributed by atoms with E-state index < -0.39 is 6.29 Å². The zero-order valence-corrected chi connectivity index (χ0v) is 11.3. The van der Waals surface area contributed by atoms with Gasteiger partial charge in [-0.25, -0.2) is 0 Å². The van der Waals surface area contributed by atoms with Crippen LogP contribution in [0.2, 0.25) is 0 Å². The summed E-state index contributed by atoms with van der Waals surface area (Å²) in [6.45, 7) is 4.26. The number of aromatic amines is 1. The van der Waals surface area contributed by atoms with Gasteiger partial charge in [-0.3, -0.25) is 4.99 Å². The van der Waals surface area contributed by atoms with E-state index in [4.69, 9.17) is 10.8 Å². The molecule has 0 atom stereocenters. The first-order valence-corrected chi connectivity index (χ1v) is 5.97. The molecule has 2 rings (SSSR count). The van der Waals surface area contributed by atoms with Crippen molar-refractivity contribution in [3.63, 3.8) is 0 Å². The van der Waals surface area contributed by atoms with Gasteiger partial charge in [0.25, 0.3) is 0 Å². The van der Waals surface area contributed by atoms with Gasteiger partial charge in [0, 0.05) is 43.6 Å². The smallest absolute Gasteiger partial charge is 0.196 e. The largest absolute Gasteiger partial charge is 0.362 e. The Hall–Kier alpha value is -1.39. The number of aromatic nitrogens is 1. The average Bonchev–Trinajstić information content (AvgIpc) is 2.87. The molecular formula is C14H20N2O2. The molecule has 0 unspecified atom stereocenters. The molecule has 0 saturated heterocycles. The summed E-state index contributed by atoms with van der Waals surface area (Å²) in [6.07, 6.45) is 4.08. The molecule has 0 saturated carbocycles. The Bertz CT molecular complexity index is 513. The zero-order valence-electron chi connectivity index (χ0n) is 12.3. The van der Waals surface area contributed by atoms with Crippen molar-refractivity contribution in [2.24, 2.45) is 10.4 Å². The Kier molecular flexibility index (Phi) is 3.30. The minimum Gasteiger partial charge on any atom is -0.362 e. The van der Waals surface area contributed by atoms with Crippen molar-refractivity contribution in [1.29, 1.82) is 0 Å². The molecule has 1 aliphatic rings. The summed E-state index contributed by atoms with van der Waals surface area (Å²) in [4.78, 5) is 7.67. The molecule has 98 valence electrons. The third kappa shape index (κ3) is 2.54.